The van der Waals surface area contributed by atoms with Gasteiger partial charge in [0.2, 0.25) is 0 Å². The number of nitrogens with one attached hydrogen (secondary N) is 1. The summed E-state index contributed by atoms with van der Waals surface area (Å²) in [6.45, 7) is 1.09. The van der Waals surface area contributed by atoms with Crippen molar-refractivity contribution in [2.24, 2.45) is 0 Å². The molecule has 5 aromatic rings. The molecule has 1 atom stereocenters. The first kappa shape index (κ1) is 24.3. The molecule has 11 heteroatoms. The number of carbonyl (C=O) groups excluding carboxylic acids is 2. The van der Waals surface area contributed by atoms with Crippen LogP contribution in [0.4, 0.5) is 5.82 Å². The van der Waals surface area contributed by atoms with Gasteiger partial charge in [0.05, 0.1) is 11.1 Å². The molecule has 3 N–H and O–H groups in total. The lowest BCUT2D eigenvalue weighted by molar-refractivity contribution is 0.0730. The van der Waals surface area contributed by atoms with Gasteiger partial charge in [0.25, 0.3) is 11.8 Å². The Hall–Kier alpha value is -4.02. The molecule has 0 spiro atoms. The van der Waals surface area contributed by atoms with Gasteiger partial charge in [-0.15, -0.1) is 11.3 Å². The fourth-order valence-electron chi connectivity index (χ4n) is 4.84. The number of likely N-dealkylation sites (tertiary alicyclic amines) is 1. The van der Waals surface area contributed by atoms with Gasteiger partial charge in [0.15, 0.2) is 0 Å². The number of amides is 2. The Balaban J connectivity index is 1.10. The van der Waals surface area contributed by atoms with Crippen molar-refractivity contribution >= 4 is 57.0 Å². The van der Waals surface area contributed by atoms with E-state index < -0.39 is 0 Å². The number of carbonyl (C=O) groups is 2. The highest BCUT2D eigenvalue weighted by Gasteiger charge is 2.34. The summed E-state index contributed by atoms with van der Waals surface area (Å²) in [5.74, 6) is 0.128. The van der Waals surface area contributed by atoms with Gasteiger partial charge in [-0.25, -0.2) is 15.0 Å². The zero-order chi connectivity index (χ0) is 26.2. The molecule has 4 aromatic heterocycles. The average molecular weight is 546 g/mol. The molecule has 1 aliphatic rings. The molecule has 1 unspecified atom stereocenters. The van der Waals surface area contributed by atoms with Crippen LogP contribution < -0.4 is 11.1 Å². The van der Waals surface area contributed by atoms with E-state index in [1.165, 1.54) is 11.3 Å². The number of pyridine rings is 2. The second-order valence-corrected chi connectivity index (χ2v) is 10.6. The minimum absolute atomic E-state index is 0.151. The van der Waals surface area contributed by atoms with E-state index in [-0.39, 0.29) is 17.9 Å². The summed E-state index contributed by atoms with van der Waals surface area (Å²) in [5, 5.41) is 7.98. The molecule has 0 saturated carbocycles. The maximum atomic E-state index is 13.3. The molecular formula is C27H24ClN7O2S. The zero-order valence-electron chi connectivity index (χ0n) is 20.3. The minimum Gasteiger partial charge on any atom is -0.383 e. The Morgan fingerprint density at radius 3 is 2.92 bits per heavy atom. The number of nitrogen functional groups attached to an aromatic ring is 1. The van der Waals surface area contributed by atoms with E-state index >= 15 is 0 Å². The van der Waals surface area contributed by atoms with Crippen LogP contribution in [0.3, 0.4) is 0 Å². The SMILES string of the molecule is Nc1nccc2cc(CCNC(=O)c3csc(C4CCCN4C(=O)c4cn5cc(Cl)ccc5n4)n3)ccc12. The number of anilines is 1. The number of thiazole rings is 1. The second kappa shape index (κ2) is 10.0. The number of hydrogen-bond donors (Lipinski definition) is 2. The number of nitrogens with two attached hydrogens (primary N) is 1. The van der Waals surface area contributed by atoms with Gasteiger partial charge in [-0.2, -0.15) is 0 Å². The van der Waals surface area contributed by atoms with E-state index in [9.17, 15) is 9.59 Å². The quantitative estimate of drug-likeness (QED) is 0.324. The average Bonchev–Trinajstić information content (AvgIpc) is 3.67. The van der Waals surface area contributed by atoms with Crippen LogP contribution in [0.15, 0.2) is 60.4 Å². The maximum Gasteiger partial charge on any atom is 0.274 e. The first-order valence-electron chi connectivity index (χ1n) is 12.3. The third kappa shape index (κ3) is 4.68. The standard InChI is InChI=1S/C27H24ClN7O2S/c28-18-4-6-23-32-20(14-34(23)13-18)27(37)35-11-1-2-22(35)26-33-21(15-38-26)25(36)31-9-7-16-3-5-19-17(12-16)8-10-30-24(19)29/h3-6,8,10,12-15,22H,1-2,7,9,11H2,(H2,29,30)(H,31,36). The van der Waals surface area contributed by atoms with Crippen molar-refractivity contribution < 1.29 is 9.59 Å². The summed E-state index contributed by atoms with van der Waals surface area (Å²) in [6.07, 6.45) is 7.44. The van der Waals surface area contributed by atoms with Gasteiger partial charge in [0, 0.05) is 42.4 Å². The summed E-state index contributed by atoms with van der Waals surface area (Å²) >= 11 is 7.47. The first-order chi connectivity index (χ1) is 18.5. The summed E-state index contributed by atoms with van der Waals surface area (Å²) in [5.41, 5.74) is 8.41. The monoisotopic (exact) mass is 545 g/mol. The normalized spacial score (nSPS) is 15.4. The van der Waals surface area contributed by atoms with Crippen molar-refractivity contribution in [3.05, 3.63) is 87.4 Å². The highest BCUT2D eigenvalue weighted by atomic mass is 35.5. The smallest absolute Gasteiger partial charge is 0.274 e. The molecule has 192 valence electrons. The molecule has 38 heavy (non-hydrogen) atoms. The van der Waals surface area contributed by atoms with Gasteiger partial charge in [-0.1, -0.05) is 29.8 Å². The molecule has 0 aliphatic carbocycles. The van der Waals surface area contributed by atoms with Crippen molar-refractivity contribution in [1.82, 2.24) is 29.6 Å². The highest BCUT2D eigenvalue weighted by Crippen LogP contribution is 2.35. The lowest BCUT2D eigenvalue weighted by Gasteiger charge is -2.22. The second-order valence-electron chi connectivity index (χ2n) is 9.22. The predicted molar refractivity (Wildman–Crippen MR) is 148 cm³/mol. The summed E-state index contributed by atoms with van der Waals surface area (Å²) in [7, 11) is 0. The van der Waals surface area contributed by atoms with Crippen LogP contribution >= 0.6 is 22.9 Å². The molecule has 2 amide bonds. The molecule has 0 radical (unpaired) electrons. The Labute approximate surface area is 227 Å². The van der Waals surface area contributed by atoms with Gasteiger partial charge in [0.1, 0.15) is 27.9 Å². The summed E-state index contributed by atoms with van der Waals surface area (Å²) in [6, 6.07) is 11.3. The number of benzene rings is 1. The fourth-order valence-corrected chi connectivity index (χ4v) is 5.96. The molecule has 5 heterocycles. The fraction of sp³-hybridized carbons (Fsp3) is 0.222. The Bertz CT molecular complexity index is 1680. The Kier molecular flexibility index (Phi) is 6.42. The van der Waals surface area contributed by atoms with E-state index in [0.29, 0.717) is 47.4 Å². The molecule has 9 nitrogen and oxygen atoms in total. The van der Waals surface area contributed by atoms with Crippen molar-refractivity contribution in [2.75, 3.05) is 18.8 Å². The zero-order valence-corrected chi connectivity index (χ0v) is 21.9. The molecule has 1 fully saturated rings. The Morgan fingerprint density at radius 1 is 1.13 bits per heavy atom. The molecule has 1 saturated heterocycles. The number of rotatable bonds is 6. The molecular weight excluding hydrogens is 522 g/mol. The number of imidazole rings is 1. The molecule has 1 aromatic carbocycles. The minimum atomic E-state index is -0.227. The van der Waals surface area contributed by atoms with Crippen LogP contribution in [-0.4, -0.2) is 49.2 Å². The molecule has 1 aliphatic heterocycles. The maximum absolute atomic E-state index is 13.3. The first-order valence-corrected chi connectivity index (χ1v) is 13.5. The van der Waals surface area contributed by atoms with Crippen LogP contribution in [0.1, 0.15) is 50.4 Å². The van der Waals surface area contributed by atoms with Gasteiger partial charge >= 0.3 is 0 Å². The van der Waals surface area contributed by atoms with Crippen LogP contribution in [0, 0.1) is 0 Å². The third-order valence-corrected chi connectivity index (χ3v) is 7.92. The van der Waals surface area contributed by atoms with Crippen LogP contribution in [0.25, 0.3) is 16.4 Å². The van der Waals surface area contributed by atoms with Gasteiger partial charge in [-0.3, -0.25) is 9.59 Å². The number of aromatic nitrogens is 4. The Morgan fingerprint density at radius 2 is 2.03 bits per heavy atom. The van der Waals surface area contributed by atoms with E-state index in [1.807, 2.05) is 18.2 Å². The van der Waals surface area contributed by atoms with Gasteiger partial charge < -0.3 is 20.4 Å². The molecule has 0 bridgehead atoms. The topological polar surface area (TPSA) is 119 Å². The lowest BCUT2D eigenvalue weighted by Crippen LogP contribution is -2.31. The van der Waals surface area contributed by atoms with Crippen molar-refractivity contribution in [3.8, 4) is 0 Å². The van der Waals surface area contributed by atoms with Crippen LogP contribution in [0.2, 0.25) is 5.02 Å². The lowest BCUT2D eigenvalue weighted by atomic mass is 10.1. The van der Waals surface area contributed by atoms with E-state index in [1.54, 1.807) is 45.4 Å². The van der Waals surface area contributed by atoms with Crippen molar-refractivity contribution in [3.63, 3.8) is 0 Å². The molecule has 6 rings (SSSR count). The summed E-state index contributed by atoms with van der Waals surface area (Å²) in [4.78, 5) is 41.1. The van der Waals surface area contributed by atoms with Crippen LogP contribution in [0.5, 0.6) is 0 Å². The van der Waals surface area contributed by atoms with E-state index in [4.69, 9.17) is 17.3 Å². The number of fused-ring (bicyclic) bond motifs is 2. The number of hydrogen-bond acceptors (Lipinski definition) is 7. The van der Waals surface area contributed by atoms with Crippen molar-refractivity contribution in [2.45, 2.75) is 25.3 Å². The van der Waals surface area contributed by atoms with Crippen molar-refractivity contribution in [1.29, 1.82) is 0 Å². The largest absolute Gasteiger partial charge is 0.383 e. The van der Waals surface area contributed by atoms with E-state index in [0.717, 1.165) is 34.2 Å². The predicted octanol–water partition coefficient (Wildman–Crippen LogP) is 4.52. The van der Waals surface area contributed by atoms with E-state index in [2.05, 4.69) is 26.3 Å². The van der Waals surface area contributed by atoms with Gasteiger partial charge in [-0.05, 0) is 48.4 Å². The highest BCUT2D eigenvalue weighted by molar-refractivity contribution is 7.09. The number of nitrogens with zero attached hydrogens (tertiary/aromatic N) is 5. The van der Waals surface area contributed by atoms with Crippen LogP contribution in [-0.2, 0) is 6.42 Å². The summed E-state index contributed by atoms with van der Waals surface area (Å²) < 4.78 is 1.75. The third-order valence-electron chi connectivity index (χ3n) is 6.75. The number of halogens is 1.